The molecule has 1 aliphatic rings. The summed E-state index contributed by atoms with van der Waals surface area (Å²) in [5.41, 5.74) is 4.51. The van der Waals surface area contributed by atoms with E-state index in [9.17, 15) is 0 Å². The van der Waals surface area contributed by atoms with Gasteiger partial charge in [0.2, 0.25) is 0 Å². The number of benzene rings is 1. The maximum absolute atomic E-state index is 4.39. The molecule has 2 unspecified atom stereocenters. The lowest BCUT2D eigenvalue weighted by Gasteiger charge is -2.22. The zero-order valence-corrected chi connectivity index (χ0v) is 13.0. The minimum atomic E-state index is 0.307. The summed E-state index contributed by atoms with van der Waals surface area (Å²) in [5, 5.41) is 6.85. The molecule has 1 aromatic heterocycles. The highest BCUT2D eigenvalue weighted by atomic mass is 32.1. The van der Waals surface area contributed by atoms with Gasteiger partial charge in [-0.3, -0.25) is 0 Å². The Hall–Kier alpha value is -1.19. The molecule has 1 aromatic carbocycles. The lowest BCUT2D eigenvalue weighted by molar-refractivity contribution is 0.492. The molecule has 0 saturated heterocycles. The number of hydrogen-bond acceptors (Lipinski definition) is 3. The smallest absolute Gasteiger partial charge is 0.109 e. The summed E-state index contributed by atoms with van der Waals surface area (Å²) in [7, 11) is 0. The summed E-state index contributed by atoms with van der Waals surface area (Å²) in [6.07, 6.45) is 7.07. The van der Waals surface area contributed by atoms with Crippen molar-refractivity contribution in [2.45, 2.75) is 51.6 Å². The van der Waals surface area contributed by atoms with Gasteiger partial charge in [-0.15, -0.1) is 11.3 Å². The van der Waals surface area contributed by atoms with Crippen LogP contribution in [0.5, 0.6) is 0 Å². The van der Waals surface area contributed by atoms with Gasteiger partial charge in [0.05, 0.1) is 6.04 Å². The van der Waals surface area contributed by atoms with Crippen LogP contribution in [0.15, 0.2) is 29.8 Å². The lowest BCUT2D eigenvalue weighted by Crippen LogP contribution is -2.22. The normalized spacial score (nSPS) is 17.5. The first-order valence-electron chi connectivity index (χ1n) is 7.51. The Morgan fingerprint density at radius 1 is 1.10 bits per heavy atom. The van der Waals surface area contributed by atoms with E-state index in [1.807, 2.05) is 11.6 Å². The fourth-order valence-corrected chi connectivity index (χ4v) is 3.67. The first kappa shape index (κ1) is 13.8. The van der Waals surface area contributed by atoms with Crippen molar-refractivity contribution in [2.75, 3.05) is 0 Å². The van der Waals surface area contributed by atoms with Gasteiger partial charge in [0, 0.05) is 17.6 Å². The van der Waals surface area contributed by atoms with Crippen molar-refractivity contribution in [1.82, 2.24) is 10.3 Å². The molecule has 1 heterocycles. The molecule has 0 saturated carbocycles. The van der Waals surface area contributed by atoms with Crippen molar-refractivity contribution in [3.05, 3.63) is 51.5 Å². The van der Waals surface area contributed by atoms with Gasteiger partial charge in [-0.25, -0.2) is 4.98 Å². The van der Waals surface area contributed by atoms with Crippen LogP contribution in [0.4, 0.5) is 0 Å². The van der Waals surface area contributed by atoms with Crippen molar-refractivity contribution in [3.63, 3.8) is 0 Å². The maximum Gasteiger partial charge on any atom is 0.109 e. The first-order valence-corrected chi connectivity index (χ1v) is 8.39. The summed E-state index contributed by atoms with van der Waals surface area (Å²) in [6.45, 7) is 4.43. The van der Waals surface area contributed by atoms with Gasteiger partial charge in [-0.2, -0.15) is 0 Å². The lowest BCUT2D eigenvalue weighted by atomic mass is 9.89. The second kappa shape index (κ2) is 6.06. The van der Waals surface area contributed by atoms with Crippen LogP contribution < -0.4 is 5.32 Å². The molecule has 106 valence electrons. The van der Waals surface area contributed by atoms with Crippen molar-refractivity contribution >= 4 is 11.3 Å². The van der Waals surface area contributed by atoms with Crippen LogP contribution in [0.2, 0.25) is 0 Å². The highest BCUT2D eigenvalue weighted by Crippen LogP contribution is 2.26. The Morgan fingerprint density at radius 2 is 1.90 bits per heavy atom. The Balaban J connectivity index is 1.72. The molecule has 0 spiro atoms. The average Bonchev–Trinajstić information content (AvgIpc) is 3.01. The third kappa shape index (κ3) is 2.94. The Kier molecular flexibility index (Phi) is 4.18. The third-order valence-corrected chi connectivity index (χ3v) is 5.15. The molecule has 20 heavy (non-hydrogen) atoms. The van der Waals surface area contributed by atoms with Gasteiger partial charge in [0.25, 0.3) is 0 Å². The number of hydrogen-bond donors (Lipinski definition) is 1. The standard InChI is InChI=1S/C17H22N2S/c1-12(19-13(2)17-18-9-10-20-17)15-8-7-14-5-3-4-6-16(14)11-15/h7-13,19H,3-6H2,1-2H3. The number of rotatable bonds is 4. The molecule has 2 atom stereocenters. The van der Waals surface area contributed by atoms with Crippen molar-refractivity contribution in [2.24, 2.45) is 0 Å². The molecule has 3 heteroatoms. The van der Waals surface area contributed by atoms with Crippen molar-refractivity contribution in [1.29, 1.82) is 0 Å². The average molecular weight is 286 g/mol. The van der Waals surface area contributed by atoms with Gasteiger partial charge >= 0.3 is 0 Å². The predicted octanol–water partition coefficient (Wildman–Crippen LogP) is 4.43. The van der Waals surface area contributed by atoms with E-state index < -0.39 is 0 Å². The topological polar surface area (TPSA) is 24.9 Å². The number of thiazole rings is 1. The molecule has 0 amide bonds. The highest BCUT2D eigenvalue weighted by Gasteiger charge is 2.15. The number of nitrogens with one attached hydrogen (secondary N) is 1. The van der Waals surface area contributed by atoms with Crippen LogP contribution in [0.25, 0.3) is 0 Å². The molecule has 1 N–H and O–H groups in total. The van der Waals surface area contributed by atoms with Crippen LogP contribution in [-0.4, -0.2) is 4.98 Å². The minimum Gasteiger partial charge on any atom is -0.302 e. The summed E-state index contributed by atoms with van der Waals surface area (Å²) in [4.78, 5) is 4.39. The summed E-state index contributed by atoms with van der Waals surface area (Å²) in [5.74, 6) is 0. The second-order valence-corrected chi connectivity index (χ2v) is 6.64. The van der Waals surface area contributed by atoms with Crippen LogP contribution in [0.1, 0.15) is 60.5 Å². The Morgan fingerprint density at radius 3 is 2.65 bits per heavy atom. The summed E-state index contributed by atoms with van der Waals surface area (Å²) < 4.78 is 0. The molecule has 0 radical (unpaired) electrons. The molecule has 0 aliphatic heterocycles. The molecule has 3 rings (SSSR count). The highest BCUT2D eigenvalue weighted by molar-refractivity contribution is 7.09. The monoisotopic (exact) mass is 286 g/mol. The van der Waals surface area contributed by atoms with Gasteiger partial charge in [-0.1, -0.05) is 18.2 Å². The van der Waals surface area contributed by atoms with E-state index >= 15 is 0 Å². The number of aryl methyl sites for hydroxylation is 2. The molecule has 1 aliphatic carbocycles. The third-order valence-electron chi connectivity index (χ3n) is 4.19. The maximum atomic E-state index is 4.39. The van der Waals surface area contributed by atoms with Gasteiger partial charge < -0.3 is 5.32 Å². The van der Waals surface area contributed by atoms with Crippen LogP contribution in [0.3, 0.4) is 0 Å². The first-order chi connectivity index (χ1) is 9.74. The largest absolute Gasteiger partial charge is 0.302 e. The quantitative estimate of drug-likeness (QED) is 0.899. The number of nitrogens with zero attached hydrogens (tertiary/aromatic N) is 1. The van der Waals surface area contributed by atoms with Crippen LogP contribution in [0, 0.1) is 0 Å². The molecule has 2 nitrogen and oxygen atoms in total. The Labute approximate surface area is 125 Å². The SMILES string of the molecule is CC(NC(C)c1nccs1)c1ccc2c(c1)CCCC2. The zero-order chi connectivity index (χ0) is 13.9. The number of aromatic nitrogens is 1. The van der Waals surface area contributed by atoms with E-state index in [4.69, 9.17) is 0 Å². The van der Waals surface area contributed by atoms with E-state index in [-0.39, 0.29) is 0 Å². The van der Waals surface area contributed by atoms with Crippen LogP contribution >= 0.6 is 11.3 Å². The van der Waals surface area contributed by atoms with Crippen LogP contribution in [-0.2, 0) is 12.8 Å². The summed E-state index contributed by atoms with van der Waals surface area (Å²) >= 11 is 1.72. The zero-order valence-electron chi connectivity index (χ0n) is 12.2. The minimum absolute atomic E-state index is 0.307. The van der Waals surface area contributed by atoms with E-state index in [0.717, 1.165) is 5.01 Å². The molecule has 0 bridgehead atoms. The summed E-state index contributed by atoms with van der Waals surface area (Å²) in [6, 6.07) is 7.69. The van der Waals surface area contributed by atoms with Gasteiger partial charge in [0.15, 0.2) is 0 Å². The van der Waals surface area contributed by atoms with E-state index in [0.29, 0.717) is 12.1 Å². The molecular weight excluding hydrogens is 264 g/mol. The predicted molar refractivity (Wildman–Crippen MR) is 85.2 cm³/mol. The fourth-order valence-electron chi connectivity index (χ4n) is 3.01. The van der Waals surface area contributed by atoms with Crippen molar-refractivity contribution in [3.8, 4) is 0 Å². The van der Waals surface area contributed by atoms with E-state index in [2.05, 4.69) is 42.3 Å². The van der Waals surface area contributed by atoms with Gasteiger partial charge in [-0.05, 0) is 56.2 Å². The molecule has 2 aromatic rings. The molecular formula is C17H22N2S. The fraction of sp³-hybridized carbons (Fsp3) is 0.471. The van der Waals surface area contributed by atoms with Gasteiger partial charge in [0.1, 0.15) is 5.01 Å². The molecule has 0 fully saturated rings. The van der Waals surface area contributed by atoms with E-state index in [1.54, 1.807) is 22.5 Å². The van der Waals surface area contributed by atoms with E-state index in [1.165, 1.54) is 31.2 Å². The Bertz CT molecular complexity index is 562. The number of fused-ring (bicyclic) bond motifs is 1. The second-order valence-electron chi connectivity index (χ2n) is 5.72. The van der Waals surface area contributed by atoms with Crippen molar-refractivity contribution < 1.29 is 0 Å².